The van der Waals surface area contributed by atoms with Crippen LogP contribution in [0.1, 0.15) is 24.0 Å². The third-order valence-corrected chi connectivity index (χ3v) is 5.88. The zero-order valence-corrected chi connectivity index (χ0v) is 18.5. The van der Waals surface area contributed by atoms with Gasteiger partial charge in [0.1, 0.15) is 5.65 Å². The van der Waals surface area contributed by atoms with Gasteiger partial charge in [0.05, 0.1) is 35.7 Å². The molecule has 9 nitrogen and oxygen atoms in total. The third kappa shape index (κ3) is 4.54. The van der Waals surface area contributed by atoms with Crippen molar-refractivity contribution in [3.63, 3.8) is 0 Å². The average molecular weight is 446 g/mol. The molecule has 4 heterocycles. The number of hydrogen-bond donors (Lipinski definition) is 3. The number of H-pyrrole nitrogens is 1. The number of amides is 1. The number of benzene rings is 1. The van der Waals surface area contributed by atoms with Crippen molar-refractivity contribution in [2.24, 2.45) is 5.73 Å². The number of piperidine rings is 1. The van der Waals surface area contributed by atoms with E-state index in [1.807, 2.05) is 43.5 Å². The fourth-order valence-corrected chi connectivity index (χ4v) is 4.39. The molecule has 33 heavy (non-hydrogen) atoms. The van der Waals surface area contributed by atoms with Gasteiger partial charge in [-0.05, 0) is 30.9 Å². The highest BCUT2D eigenvalue weighted by molar-refractivity contribution is 6.06. The number of pyridine rings is 1. The van der Waals surface area contributed by atoms with Crippen molar-refractivity contribution in [3.8, 4) is 5.75 Å². The standard InChI is InChI=1S/C24H27N7O2/c1-16-10-26-23-21(22(16)30-9-5-8-18(25)14-30)20(12-27-23)29-24(32)33-19-11-28-31(15-19)13-17-6-3-2-4-7-17/h2-4,6-7,10-12,15,18H,5,8-9,13-14,25H2,1H3,(H,26,27)(H,29,32)/t18-/m1/s1. The lowest BCUT2D eigenvalue weighted by Crippen LogP contribution is -2.43. The maximum Gasteiger partial charge on any atom is 0.417 e. The van der Waals surface area contributed by atoms with Gasteiger partial charge in [0, 0.05) is 31.5 Å². The van der Waals surface area contributed by atoms with Crippen molar-refractivity contribution in [2.45, 2.75) is 32.4 Å². The second-order valence-corrected chi connectivity index (χ2v) is 8.44. The molecule has 9 heteroatoms. The summed E-state index contributed by atoms with van der Waals surface area (Å²) in [6.45, 7) is 4.32. The minimum Gasteiger partial charge on any atom is -0.407 e. The van der Waals surface area contributed by atoms with Crippen molar-refractivity contribution < 1.29 is 9.53 Å². The number of carbonyl (C=O) groups excluding carboxylic acids is 1. The van der Waals surface area contributed by atoms with E-state index in [-0.39, 0.29) is 6.04 Å². The van der Waals surface area contributed by atoms with Gasteiger partial charge in [0.2, 0.25) is 0 Å². The van der Waals surface area contributed by atoms with Gasteiger partial charge in [-0.1, -0.05) is 30.3 Å². The van der Waals surface area contributed by atoms with Gasteiger partial charge in [0.25, 0.3) is 0 Å². The quantitative estimate of drug-likeness (QED) is 0.432. The smallest absolute Gasteiger partial charge is 0.407 e. The van der Waals surface area contributed by atoms with E-state index in [0.717, 1.165) is 48.1 Å². The molecule has 1 aliphatic heterocycles. The molecule has 1 amide bonds. The molecule has 0 unspecified atom stereocenters. The first kappa shape index (κ1) is 21.0. The largest absolute Gasteiger partial charge is 0.417 e. The number of ether oxygens (including phenoxy) is 1. The first-order chi connectivity index (χ1) is 16.1. The van der Waals surface area contributed by atoms with E-state index < -0.39 is 6.09 Å². The number of nitrogens with zero attached hydrogens (tertiary/aromatic N) is 4. The van der Waals surface area contributed by atoms with Crippen molar-refractivity contribution in [1.29, 1.82) is 0 Å². The summed E-state index contributed by atoms with van der Waals surface area (Å²) in [7, 11) is 0. The highest BCUT2D eigenvalue weighted by atomic mass is 16.6. The van der Waals surface area contributed by atoms with Gasteiger partial charge in [-0.3, -0.25) is 10.00 Å². The molecule has 4 aromatic rings. The van der Waals surface area contributed by atoms with Crippen LogP contribution in [0, 0.1) is 6.92 Å². The number of nitrogens with two attached hydrogens (primary N) is 1. The molecule has 1 aromatic carbocycles. The van der Waals surface area contributed by atoms with Crippen LogP contribution >= 0.6 is 0 Å². The second kappa shape index (κ2) is 8.95. The fraction of sp³-hybridized carbons (Fsp3) is 0.292. The summed E-state index contributed by atoms with van der Waals surface area (Å²) in [6.07, 6.45) is 8.29. The summed E-state index contributed by atoms with van der Waals surface area (Å²) >= 11 is 0. The third-order valence-electron chi connectivity index (χ3n) is 5.88. The van der Waals surface area contributed by atoms with Crippen molar-refractivity contribution in [2.75, 3.05) is 23.3 Å². The van der Waals surface area contributed by atoms with E-state index in [1.54, 1.807) is 17.1 Å². The van der Waals surface area contributed by atoms with Crippen LogP contribution in [0.2, 0.25) is 0 Å². The summed E-state index contributed by atoms with van der Waals surface area (Å²) in [4.78, 5) is 22.6. The predicted molar refractivity (Wildman–Crippen MR) is 128 cm³/mol. The molecule has 5 rings (SSSR count). The van der Waals surface area contributed by atoms with Crippen molar-refractivity contribution in [1.82, 2.24) is 19.7 Å². The number of anilines is 2. The molecule has 1 aliphatic rings. The molecule has 170 valence electrons. The van der Waals surface area contributed by atoms with Crippen molar-refractivity contribution in [3.05, 3.63) is 66.2 Å². The van der Waals surface area contributed by atoms with E-state index in [2.05, 4.69) is 25.3 Å². The second-order valence-electron chi connectivity index (χ2n) is 8.44. The molecule has 0 aliphatic carbocycles. The molecular weight excluding hydrogens is 418 g/mol. The van der Waals surface area contributed by atoms with Gasteiger partial charge in [0.15, 0.2) is 5.75 Å². The summed E-state index contributed by atoms with van der Waals surface area (Å²) < 4.78 is 7.22. The van der Waals surface area contributed by atoms with E-state index in [1.165, 1.54) is 6.20 Å². The minimum absolute atomic E-state index is 0.133. The predicted octanol–water partition coefficient (Wildman–Crippen LogP) is 3.65. The van der Waals surface area contributed by atoms with Crippen LogP contribution in [0.15, 0.2) is 55.1 Å². The lowest BCUT2D eigenvalue weighted by molar-refractivity contribution is 0.215. The fourth-order valence-electron chi connectivity index (χ4n) is 4.39. The summed E-state index contributed by atoms with van der Waals surface area (Å²) in [5, 5.41) is 8.01. The Labute approximate surface area is 191 Å². The summed E-state index contributed by atoms with van der Waals surface area (Å²) in [5.74, 6) is 0.375. The average Bonchev–Trinajstić information content (AvgIpc) is 3.41. The zero-order valence-electron chi connectivity index (χ0n) is 18.5. The Balaban J connectivity index is 1.33. The summed E-state index contributed by atoms with van der Waals surface area (Å²) in [6, 6.07) is 10.1. The Morgan fingerprint density at radius 1 is 1.30 bits per heavy atom. The van der Waals surface area contributed by atoms with Crippen LogP contribution in [-0.2, 0) is 6.54 Å². The van der Waals surface area contributed by atoms with Crippen LogP contribution < -0.4 is 20.7 Å². The van der Waals surface area contributed by atoms with Gasteiger partial charge in [-0.25, -0.2) is 9.78 Å². The maximum absolute atomic E-state index is 12.7. The number of aryl methyl sites for hydroxylation is 1. The number of hydrogen-bond acceptors (Lipinski definition) is 6. The number of carbonyl (C=O) groups is 1. The number of fused-ring (bicyclic) bond motifs is 1. The SMILES string of the molecule is Cc1cnc2[nH]cc(NC(=O)Oc3cnn(Cc4ccccc4)c3)c2c1N1CCC[C@@H](N)C1. The number of rotatable bonds is 5. The maximum atomic E-state index is 12.7. The Kier molecular flexibility index (Phi) is 5.70. The molecule has 1 atom stereocenters. The minimum atomic E-state index is -0.585. The van der Waals surface area contributed by atoms with E-state index >= 15 is 0 Å². The number of nitrogens with one attached hydrogen (secondary N) is 2. The van der Waals surface area contributed by atoms with Crippen LogP contribution in [0.3, 0.4) is 0 Å². The molecule has 1 fully saturated rings. The molecule has 0 radical (unpaired) electrons. The zero-order chi connectivity index (χ0) is 22.8. The highest BCUT2D eigenvalue weighted by Crippen LogP contribution is 2.36. The van der Waals surface area contributed by atoms with Crippen LogP contribution in [0.25, 0.3) is 11.0 Å². The molecule has 0 bridgehead atoms. The monoisotopic (exact) mass is 445 g/mol. The van der Waals surface area contributed by atoms with Crippen molar-refractivity contribution >= 4 is 28.5 Å². The molecule has 0 saturated carbocycles. The molecule has 1 saturated heterocycles. The van der Waals surface area contributed by atoms with Crippen LogP contribution in [0.5, 0.6) is 5.75 Å². The molecule has 3 aromatic heterocycles. The Morgan fingerprint density at radius 3 is 2.97 bits per heavy atom. The first-order valence-electron chi connectivity index (χ1n) is 11.1. The Hall–Kier alpha value is -3.85. The number of aromatic amines is 1. The van der Waals surface area contributed by atoms with Crippen LogP contribution in [0.4, 0.5) is 16.2 Å². The van der Waals surface area contributed by atoms with E-state index in [4.69, 9.17) is 10.5 Å². The first-order valence-corrected chi connectivity index (χ1v) is 11.1. The summed E-state index contributed by atoms with van der Waals surface area (Å²) in [5.41, 5.74) is 10.8. The topological polar surface area (TPSA) is 114 Å². The molecule has 0 spiro atoms. The Bertz CT molecular complexity index is 1260. The van der Waals surface area contributed by atoms with Gasteiger partial charge < -0.3 is 20.4 Å². The lowest BCUT2D eigenvalue weighted by Gasteiger charge is -2.34. The van der Waals surface area contributed by atoms with Gasteiger partial charge >= 0.3 is 6.09 Å². The normalized spacial score (nSPS) is 16.2. The van der Waals surface area contributed by atoms with Gasteiger partial charge in [-0.15, -0.1) is 0 Å². The van der Waals surface area contributed by atoms with Crippen LogP contribution in [-0.4, -0.2) is 45.0 Å². The lowest BCUT2D eigenvalue weighted by atomic mass is 10.0. The highest BCUT2D eigenvalue weighted by Gasteiger charge is 2.23. The van der Waals surface area contributed by atoms with E-state index in [9.17, 15) is 4.79 Å². The molecular formula is C24H27N7O2. The van der Waals surface area contributed by atoms with Gasteiger partial charge in [-0.2, -0.15) is 5.10 Å². The van der Waals surface area contributed by atoms with E-state index in [0.29, 0.717) is 23.6 Å². The molecule has 4 N–H and O–H groups in total. The number of aromatic nitrogens is 4. The Morgan fingerprint density at radius 2 is 2.15 bits per heavy atom.